The van der Waals surface area contributed by atoms with Crippen LogP contribution in [-0.4, -0.2) is 21.2 Å². The number of carbonyl (C=O) groups is 1. The molecule has 0 fully saturated rings. The molecule has 0 aliphatic carbocycles. The highest BCUT2D eigenvalue weighted by Gasteiger charge is 2.14. The van der Waals surface area contributed by atoms with E-state index in [0.29, 0.717) is 27.6 Å². The molecule has 0 aliphatic rings. The van der Waals surface area contributed by atoms with Gasteiger partial charge in [0.25, 0.3) is 5.56 Å². The summed E-state index contributed by atoms with van der Waals surface area (Å²) in [5, 5.41) is 4.34. The molecule has 5 nitrogen and oxygen atoms in total. The molecule has 1 aromatic heterocycles. The lowest BCUT2D eigenvalue weighted by atomic mass is 10.1. The van der Waals surface area contributed by atoms with Crippen molar-refractivity contribution in [1.82, 2.24) is 9.55 Å². The van der Waals surface area contributed by atoms with Crippen LogP contribution in [-0.2, 0) is 11.3 Å². The standard InChI is InChI=1S/C21H20ClN3O2S/c1-4-10-25-20(27)16-11-15(22)8-9-17(16)23-21(25)28-12-18(26)24-19-13(2)6-5-7-14(19)3/h4-9,11H,1,10,12H2,2-3H3,(H,24,26). The van der Waals surface area contributed by atoms with Crippen molar-refractivity contribution in [2.45, 2.75) is 25.5 Å². The van der Waals surface area contributed by atoms with Crippen LogP contribution in [0.1, 0.15) is 11.1 Å². The van der Waals surface area contributed by atoms with Gasteiger partial charge in [0.1, 0.15) is 0 Å². The summed E-state index contributed by atoms with van der Waals surface area (Å²) < 4.78 is 1.50. The van der Waals surface area contributed by atoms with E-state index in [1.807, 2.05) is 32.0 Å². The van der Waals surface area contributed by atoms with Crippen molar-refractivity contribution >= 4 is 45.9 Å². The summed E-state index contributed by atoms with van der Waals surface area (Å²) in [7, 11) is 0. The number of hydrogen-bond donors (Lipinski definition) is 1. The molecule has 3 aromatic rings. The van der Waals surface area contributed by atoms with Gasteiger partial charge >= 0.3 is 0 Å². The van der Waals surface area contributed by atoms with E-state index in [9.17, 15) is 9.59 Å². The zero-order valence-electron chi connectivity index (χ0n) is 15.7. The Kier molecular flexibility index (Phi) is 6.21. The molecule has 0 saturated carbocycles. The smallest absolute Gasteiger partial charge is 0.262 e. The van der Waals surface area contributed by atoms with Crippen LogP contribution in [0.2, 0.25) is 5.02 Å². The van der Waals surface area contributed by atoms with Gasteiger partial charge in [-0.05, 0) is 43.2 Å². The lowest BCUT2D eigenvalue weighted by Crippen LogP contribution is -2.24. The number of amides is 1. The molecule has 0 atom stereocenters. The van der Waals surface area contributed by atoms with Crippen molar-refractivity contribution in [3.63, 3.8) is 0 Å². The second kappa shape index (κ2) is 8.63. The molecular weight excluding hydrogens is 394 g/mol. The third-order valence-electron chi connectivity index (χ3n) is 4.27. The Hall–Kier alpha value is -2.57. The minimum atomic E-state index is -0.204. The van der Waals surface area contributed by atoms with E-state index in [0.717, 1.165) is 16.8 Å². The highest BCUT2D eigenvalue weighted by molar-refractivity contribution is 7.99. The number of carbonyl (C=O) groups excluding carboxylic acids is 1. The van der Waals surface area contributed by atoms with Gasteiger partial charge in [0.15, 0.2) is 5.16 Å². The van der Waals surface area contributed by atoms with Crippen LogP contribution < -0.4 is 10.9 Å². The minimum absolute atomic E-state index is 0.135. The number of rotatable bonds is 6. The summed E-state index contributed by atoms with van der Waals surface area (Å²) >= 11 is 7.23. The average Bonchev–Trinajstić information content (AvgIpc) is 2.66. The summed E-state index contributed by atoms with van der Waals surface area (Å²) in [5.41, 5.74) is 3.17. The lowest BCUT2D eigenvalue weighted by Gasteiger charge is -2.13. The maximum Gasteiger partial charge on any atom is 0.262 e. The van der Waals surface area contributed by atoms with E-state index in [-0.39, 0.29) is 17.2 Å². The van der Waals surface area contributed by atoms with Gasteiger partial charge in [-0.25, -0.2) is 4.98 Å². The molecule has 0 bridgehead atoms. The molecule has 0 spiro atoms. The molecule has 2 aromatic carbocycles. The van der Waals surface area contributed by atoms with Crippen LogP contribution in [0.4, 0.5) is 5.69 Å². The number of fused-ring (bicyclic) bond motifs is 1. The van der Waals surface area contributed by atoms with Crippen LogP contribution in [0.15, 0.2) is 59.0 Å². The summed E-state index contributed by atoms with van der Waals surface area (Å²) in [6.45, 7) is 7.91. The fourth-order valence-corrected chi connectivity index (χ4v) is 3.87. The number of halogens is 1. The molecule has 3 rings (SSSR count). The summed E-state index contributed by atoms with van der Waals surface area (Å²) in [6, 6.07) is 10.9. The number of allylic oxidation sites excluding steroid dienone is 1. The first-order chi connectivity index (χ1) is 13.4. The number of nitrogens with one attached hydrogen (secondary N) is 1. The Morgan fingerprint density at radius 1 is 1.29 bits per heavy atom. The molecule has 0 radical (unpaired) electrons. The number of para-hydroxylation sites is 1. The van der Waals surface area contributed by atoms with E-state index in [4.69, 9.17) is 11.6 Å². The van der Waals surface area contributed by atoms with Gasteiger partial charge in [0.05, 0.1) is 16.7 Å². The van der Waals surface area contributed by atoms with E-state index in [1.165, 1.54) is 16.3 Å². The molecule has 144 valence electrons. The fraction of sp³-hybridized carbons (Fsp3) is 0.190. The molecule has 1 amide bonds. The van der Waals surface area contributed by atoms with Crippen LogP contribution in [0.5, 0.6) is 0 Å². The third-order valence-corrected chi connectivity index (χ3v) is 5.48. The van der Waals surface area contributed by atoms with Gasteiger partial charge in [-0.15, -0.1) is 6.58 Å². The predicted molar refractivity (Wildman–Crippen MR) is 116 cm³/mol. The Bertz CT molecular complexity index is 1100. The summed E-state index contributed by atoms with van der Waals surface area (Å²) in [6.07, 6.45) is 1.63. The van der Waals surface area contributed by atoms with E-state index < -0.39 is 0 Å². The maximum atomic E-state index is 12.8. The number of aryl methyl sites for hydroxylation is 2. The predicted octanol–water partition coefficient (Wildman–Crippen LogP) is 4.58. The van der Waals surface area contributed by atoms with Crippen molar-refractivity contribution in [2.24, 2.45) is 0 Å². The first-order valence-corrected chi connectivity index (χ1v) is 10.1. The summed E-state index contributed by atoms with van der Waals surface area (Å²) in [4.78, 5) is 29.8. The number of nitrogens with zero attached hydrogens (tertiary/aromatic N) is 2. The summed E-state index contributed by atoms with van der Waals surface area (Å²) in [5.74, 6) is -0.0193. The van der Waals surface area contributed by atoms with Gasteiger partial charge in [0.2, 0.25) is 5.91 Å². The zero-order chi connectivity index (χ0) is 20.3. The van der Waals surface area contributed by atoms with E-state index in [2.05, 4.69) is 16.9 Å². The van der Waals surface area contributed by atoms with Gasteiger partial charge in [-0.1, -0.05) is 47.6 Å². The first-order valence-electron chi connectivity index (χ1n) is 8.70. The number of benzene rings is 2. The quantitative estimate of drug-likeness (QED) is 0.365. The molecule has 1 N–H and O–H groups in total. The monoisotopic (exact) mass is 413 g/mol. The molecule has 0 aliphatic heterocycles. The van der Waals surface area contributed by atoms with Gasteiger partial charge in [0, 0.05) is 17.3 Å². The van der Waals surface area contributed by atoms with Gasteiger partial charge in [-0.3, -0.25) is 14.2 Å². The van der Waals surface area contributed by atoms with Gasteiger partial charge < -0.3 is 5.32 Å². The number of thioether (sulfide) groups is 1. The van der Waals surface area contributed by atoms with E-state index >= 15 is 0 Å². The number of aromatic nitrogens is 2. The molecule has 0 unspecified atom stereocenters. The van der Waals surface area contributed by atoms with Gasteiger partial charge in [-0.2, -0.15) is 0 Å². The SMILES string of the molecule is C=CCn1c(SCC(=O)Nc2c(C)cccc2C)nc2ccc(Cl)cc2c1=O. The Morgan fingerprint density at radius 2 is 2.00 bits per heavy atom. The third kappa shape index (κ3) is 4.29. The normalized spacial score (nSPS) is 10.8. The number of anilines is 1. The lowest BCUT2D eigenvalue weighted by molar-refractivity contribution is -0.113. The number of hydrogen-bond acceptors (Lipinski definition) is 4. The molecular formula is C21H20ClN3O2S. The Morgan fingerprint density at radius 3 is 2.68 bits per heavy atom. The first kappa shape index (κ1) is 20.2. The van der Waals surface area contributed by atoms with Crippen LogP contribution in [0, 0.1) is 13.8 Å². The average molecular weight is 414 g/mol. The molecule has 0 saturated heterocycles. The van der Waals surface area contributed by atoms with Crippen LogP contribution >= 0.6 is 23.4 Å². The second-order valence-electron chi connectivity index (χ2n) is 6.36. The molecule has 7 heteroatoms. The van der Waals surface area contributed by atoms with E-state index in [1.54, 1.807) is 24.3 Å². The Labute approximate surface area is 172 Å². The van der Waals surface area contributed by atoms with Crippen molar-refractivity contribution in [2.75, 3.05) is 11.1 Å². The van der Waals surface area contributed by atoms with Crippen LogP contribution in [0.3, 0.4) is 0 Å². The fourth-order valence-electron chi connectivity index (χ4n) is 2.89. The maximum absolute atomic E-state index is 12.8. The highest BCUT2D eigenvalue weighted by Crippen LogP contribution is 2.22. The topological polar surface area (TPSA) is 64.0 Å². The second-order valence-corrected chi connectivity index (χ2v) is 7.74. The Balaban J connectivity index is 1.86. The van der Waals surface area contributed by atoms with Crippen molar-refractivity contribution in [3.05, 3.63) is 75.6 Å². The van der Waals surface area contributed by atoms with Crippen molar-refractivity contribution < 1.29 is 4.79 Å². The van der Waals surface area contributed by atoms with Crippen LogP contribution in [0.25, 0.3) is 10.9 Å². The minimum Gasteiger partial charge on any atom is -0.325 e. The molecule has 1 heterocycles. The molecule has 28 heavy (non-hydrogen) atoms. The van der Waals surface area contributed by atoms with Crippen molar-refractivity contribution in [1.29, 1.82) is 0 Å². The highest BCUT2D eigenvalue weighted by atomic mass is 35.5. The largest absolute Gasteiger partial charge is 0.325 e. The zero-order valence-corrected chi connectivity index (χ0v) is 17.2. The van der Waals surface area contributed by atoms with Crippen molar-refractivity contribution in [3.8, 4) is 0 Å².